The number of Topliss-reactive ketones (excluding diaryl/α,β-unsaturated/α-hetero) is 1. The monoisotopic (exact) mass is 479 g/mol. The second-order valence-electron chi connectivity index (χ2n) is 8.51. The molecule has 1 unspecified atom stereocenters. The van der Waals surface area contributed by atoms with Crippen molar-refractivity contribution in [2.75, 3.05) is 4.90 Å². The Labute approximate surface area is 200 Å². The van der Waals surface area contributed by atoms with Crippen molar-refractivity contribution in [3.05, 3.63) is 94.6 Å². The Bertz CT molecular complexity index is 1370. The molecule has 1 fully saturated rings. The van der Waals surface area contributed by atoms with Crippen LogP contribution in [0.4, 0.5) is 14.5 Å². The molecule has 3 aromatic carbocycles. The van der Waals surface area contributed by atoms with Crippen LogP contribution in [-0.2, 0) is 9.59 Å². The Morgan fingerprint density at radius 2 is 1.77 bits per heavy atom. The van der Waals surface area contributed by atoms with E-state index < -0.39 is 35.1 Å². The Morgan fingerprint density at radius 1 is 1.03 bits per heavy atom. The largest absolute Gasteiger partial charge is 0.508 e. The number of ketones is 1. The van der Waals surface area contributed by atoms with Crippen molar-refractivity contribution in [2.45, 2.75) is 32.9 Å². The van der Waals surface area contributed by atoms with Crippen molar-refractivity contribution in [1.82, 2.24) is 0 Å². The minimum Gasteiger partial charge on any atom is -0.508 e. The number of aliphatic hydroxyl groups excluding tert-OH is 1. The highest BCUT2D eigenvalue weighted by Crippen LogP contribution is 2.43. The van der Waals surface area contributed by atoms with E-state index >= 15 is 0 Å². The van der Waals surface area contributed by atoms with Crippen LogP contribution in [0.15, 0.2) is 66.2 Å². The van der Waals surface area contributed by atoms with E-state index in [-0.39, 0.29) is 34.2 Å². The van der Waals surface area contributed by atoms with Crippen LogP contribution in [-0.4, -0.2) is 28.0 Å². The summed E-state index contributed by atoms with van der Waals surface area (Å²) in [5.41, 5.74) is 0.571. The van der Waals surface area contributed by atoms with E-state index in [0.29, 0.717) is 17.4 Å². The lowest BCUT2D eigenvalue weighted by Crippen LogP contribution is -2.30. The lowest BCUT2D eigenvalue weighted by Gasteiger charge is -2.26. The zero-order valence-electron chi connectivity index (χ0n) is 19.3. The van der Waals surface area contributed by atoms with Crippen LogP contribution < -0.4 is 9.64 Å². The number of carbonyl (C=O) groups excluding carboxylic acids is 2. The number of aromatic hydroxyl groups is 1. The van der Waals surface area contributed by atoms with Crippen LogP contribution in [0.1, 0.15) is 36.6 Å². The number of phenolic OH excluding ortho intramolecular Hbond substituents is 1. The lowest BCUT2D eigenvalue weighted by atomic mass is 9.94. The summed E-state index contributed by atoms with van der Waals surface area (Å²) in [6.07, 6.45) is -0.0742. The van der Waals surface area contributed by atoms with E-state index in [0.717, 1.165) is 17.0 Å². The highest BCUT2D eigenvalue weighted by molar-refractivity contribution is 6.51. The van der Waals surface area contributed by atoms with Crippen LogP contribution >= 0.6 is 0 Å². The van der Waals surface area contributed by atoms with Crippen molar-refractivity contribution >= 4 is 23.1 Å². The smallest absolute Gasteiger partial charge is 0.300 e. The number of halogens is 2. The van der Waals surface area contributed by atoms with Crippen LogP contribution in [0.3, 0.4) is 0 Å². The molecular weight excluding hydrogens is 456 g/mol. The summed E-state index contributed by atoms with van der Waals surface area (Å²) in [4.78, 5) is 27.1. The Balaban J connectivity index is 1.92. The molecule has 1 heterocycles. The number of anilines is 1. The van der Waals surface area contributed by atoms with Gasteiger partial charge in [0.2, 0.25) is 0 Å². The number of aliphatic hydroxyl groups is 1. The maximum absolute atomic E-state index is 14.7. The third-order valence-electron chi connectivity index (χ3n) is 5.61. The van der Waals surface area contributed by atoms with Crippen LogP contribution in [0.2, 0.25) is 0 Å². The third kappa shape index (κ3) is 4.47. The summed E-state index contributed by atoms with van der Waals surface area (Å²) in [6, 6.07) is 11.9. The van der Waals surface area contributed by atoms with E-state index in [9.17, 15) is 28.6 Å². The second kappa shape index (κ2) is 9.21. The number of benzene rings is 3. The summed E-state index contributed by atoms with van der Waals surface area (Å²) < 4.78 is 34.0. The number of ether oxygens (including phenoxy) is 1. The minimum atomic E-state index is -1.27. The molecule has 1 amide bonds. The van der Waals surface area contributed by atoms with E-state index in [1.165, 1.54) is 24.3 Å². The number of hydrogen-bond donors (Lipinski definition) is 2. The number of phenols is 1. The molecule has 35 heavy (non-hydrogen) atoms. The predicted molar refractivity (Wildman–Crippen MR) is 126 cm³/mol. The Morgan fingerprint density at radius 3 is 2.40 bits per heavy atom. The Kier molecular flexibility index (Phi) is 6.30. The Hall–Kier alpha value is -4.20. The number of aryl methyl sites for hydroxylation is 1. The van der Waals surface area contributed by atoms with Crippen molar-refractivity contribution < 1.29 is 33.3 Å². The standard InChI is InChI=1S/C27H23F2NO5/c1-14(2)35-22-10-7-17(11-15(22)3)25(32)23-24(16-5-4-6-19(31)12-16)30(27(34)26(23)33)21-9-8-18(28)13-20(21)29/h4-14,24,31-32H,1-3H3/b25-23+. The first kappa shape index (κ1) is 23.9. The van der Waals surface area contributed by atoms with E-state index in [2.05, 4.69) is 0 Å². The molecule has 1 atom stereocenters. The van der Waals surface area contributed by atoms with E-state index in [4.69, 9.17) is 4.74 Å². The van der Waals surface area contributed by atoms with Gasteiger partial charge in [-0.05, 0) is 74.4 Å². The molecule has 1 aliphatic heterocycles. The molecular formula is C27H23F2NO5. The molecule has 0 spiro atoms. The molecule has 6 nitrogen and oxygen atoms in total. The first-order chi connectivity index (χ1) is 16.6. The highest BCUT2D eigenvalue weighted by Gasteiger charge is 2.47. The lowest BCUT2D eigenvalue weighted by molar-refractivity contribution is -0.132. The number of hydrogen-bond acceptors (Lipinski definition) is 5. The molecule has 180 valence electrons. The van der Waals surface area contributed by atoms with Gasteiger partial charge in [-0.2, -0.15) is 0 Å². The maximum atomic E-state index is 14.7. The molecule has 0 aromatic heterocycles. The van der Waals surface area contributed by atoms with Gasteiger partial charge in [-0.25, -0.2) is 8.78 Å². The van der Waals surface area contributed by atoms with E-state index in [1.807, 2.05) is 13.8 Å². The third-order valence-corrected chi connectivity index (χ3v) is 5.61. The van der Waals surface area contributed by atoms with Gasteiger partial charge in [-0.15, -0.1) is 0 Å². The fraction of sp³-hybridized carbons (Fsp3) is 0.185. The minimum absolute atomic E-state index is 0.0742. The molecule has 2 N–H and O–H groups in total. The zero-order valence-corrected chi connectivity index (χ0v) is 19.3. The molecule has 1 aliphatic rings. The summed E-state index contributed by atoms with van der Waals surface area (Å²) in [6.45, 7) is 5.52. The number of rotatable bonds is 5. The number of nitrogens with zero attached hydrogens (tertiary/aromatic N) is 1. The van der Waals surface area contributed by atoms with Gasteiger partial charge >= 0.3 is 0 Å². The fourth-order valence-electron chi connectivity index (χ4n) is 4.11. The molecule has 0 saturated carbocycles. The van der Waals surface area contributed by atoms with Crippen molar-refractivity contribution in [1.29, 1.82) is 0 Å². The second-order valence-corrected chi connectivity index (χ2v) is 8.51. The van der Waals surface area contributed by atoms with Gasteiger partial charge in [-0.1, -0.05) is 12.1 Å². The maximum Gasteiger partial charge on any atom is 0.300 e. The van der Waals surface area contributed by atoms with Gasteiger partial charge in [0.05, 0.1) is 23.4 Å². The van der Waals surface area contributed by atoms with Crippen LogP contribution in [0.5, 0.6) is 11.5 Å². The zero-order chi connectivity index (χ0) is 25.4. The van der Waals surface area contributed by atoms with Gasteiger partial charge in [0.1, 0.15) is 28.9 Å². The number of carbonyl (C=O) groups is 2. The summed E-state index contributed by atoms with van der Waals surface area (Å²) in [5.74, 6) is -4.07. The van der Waals surface area contributed by atoms with Crippen molar-refractivity contribution in [2.24, 2.45) is 0 Å². The molecule has 0 bridgehead atoms. The highest BCUT2D eigenvalue weighted by atomic mass is 19.1. The quantitative estimate of drug-likeness (QED) is 0.291. The van der Waals surface area contributed by atoms with Crippen molar-refractivity contribution in [3.8, 4) is 11.5 Å². The van der Waals surface area contributed by atoms with Gasteiger partial charge in [0, 0.05) is 11.6 Å². The normalized spacial score (nSPS) is 17.3. The van der Waals surface area contributed by atoms with Gasteiger partial charge in [0.15, 0.2) is 0 Å². The topological polar surface area (TPSA) is 87.1 Å². The summed E-state index contributed by atoms with van der Waals surface area (Å²) in [5, 5.41) is 21.2. The average Bonchev–Trinajstić information content (AvgIpc) is 3.05. The SMILES string of the molecule is Cc1cc(/C(O)=C2\C(=O)C(=O)N(c3ccc(F)cc3F)C2c2cccc(O)c2)ccc1OC(C)C. The molecule has 3 aromatic rings. The van der Waals surface area contributed by atoms with Gasteiger partial charge in [0.25, 0.3) is 11.7 Å². The van der Waals surface area contributed by atoms with Gasteiger partial charge in [-0.3, -0.25) is 14.5 Å². The average molecular weight is 479 g/mol. The molecule has 4 rings (SSSR count). The molecule has 0 radical (unpaired) electrons. The van der Waals surface area contributed by atoms with Crippen molar-refractivity contribution in [3.63, 3.8) is 0 Å². The predicted octanol–water partition coefficient (Wildman–Crippen LogP) is 5.39. The first-order valence-electron chi connectivity index (χ1n) is 10.9. The summed E-state index contributed by atoms with van der Waals surface area (Å²) >= 11 is 0. The first-order valence-corrected chi connectivity index (χ1v) is 10.9. The van der Waals surface area contributed by atoms with Crippen LogP contribution in [0.25, 0.3) is 5.76 Å². The van der Waals surface area contributed by atoms with E-state index in [1.54, 1.807) is 25.1 Å². The molecule has 8 heteroatoms. The molecule has 0 aliphatic carbocycles. The fourth-order valence-corrected chi connectivity index (χ4v) is 4.11. The van der Waals surface area contributed by atoms with Gasteiger partial charge < -0.3 is 14.9 Å². The number of amides is 1. The summed E-state index contributed by atoms with van der Waals surface area (Å²) in [7, 11) is 0. The molecule has 1 saturated heterocycles. The van der Waals surface area contributed by atoms with Crippen LogP contribution in [0, 0.1) is 18.6 Å².